The smallest absolute Gasteiger partial charge is 0.277 e. The van der Waals surface area contributed by atoms with Crippen LogP contribution in [0.25, 0.3) is 0 Å². The lowest BCUT2D eigenvalue weighted by molar-refractivity contribution is -0.385. The van der Waals surface area contributed by atoms with Crippen LogP contribution < -0.4 is 14.9 Å². The van der Waals surface area contributed by atoms with Gasteiger partial charge in [-0.1, -0.05) is 6.07 Å². The minimum absolute atomic E-state index is 0.155. The summed E-state index contributed by atoms with van der Waals surface area (Å²) in [6.07, 6.45) is 1.19. The van der Waals surface area contributed by atoms with E-state index in [2.05, 4.69) is 10.5 Å². The van der Waals surface area contributed by atoms with E-state index in [1.165, 1.54) is 55.8 Å². The molecule has 0 radical (unpaired) electrons. The molecule has 140 valence electrons. The topological polar surface area (TPSA) is 146 Å². The fourth-order valence-electron chi connectivity index (χ4n) is 1.98. The Morgan fingerprint density at radius 1 is 1.15 bits per heavy atom. The molecule has 0 bridgehead atoms. The van der Waals surface area contributed by atoms with Crippen molar-refractivity contribution in [2.45, 2.75) is 0 Å². The third kappa shape index (κ3) is 5.49. The summed E-state index contributed by atoms with van der Waals surface area (Å²) in [5.74, 6) is -0.128. The van der Waals surface area contributed by atoms with Gasteiger partial charge in [-0.3, -0.25) is 25.0 Å². The van der Waals surface area contributed by atoms with Crippen LogP contribution in [0.1, 0.15) is 5.56 Å². The van der Waals surface area contributed by atoms with Gasteiger partial charge in [0.1, 0.15) is 11.5 Å². The molecule has 0 heterocycles. The highest BCUT2D eigenvalue weighted by atomic mass is 16.6. The van der Waals surface area contributed by atoms with Gasteiger partial charge in [0.05, 0.1) is 29.2 Å². The van der Waals surface area contributed by atoms with Gasteiger partial charge in [-0.15, -0.1) is 0 Å². The summed E-state index contributed by atoms with van der Waals surface area (Å²) in [6, 6.07) is 9.31. The third-order valence-electron chi connectivity index (χ3n) is 3.22. The number of nitro groups is 2. The molecule has 0 aliphatic rings. The van der Waals surface area contributed by atoms with Gasteiger partial charge in [0, 0.05) is 23.8 Å². The zero-order chi connectivity index (χ0) is 19.8. The van der Waals surface area contributed by atoms with Gasteiger partial charge >= 0.3 is 0 Å². The first-order chi connectivity index (χ1) is 12.9. The van der Waals surface area contributed by atoms with Crippen LogP contribution in [0, 0.1) is 20.2 Å². The number of methoxy groups -OCH3 is 1. The molecule has 0 atom stereocenters. The van der Waals surface area contributed by atoms with E-state index in [-0.39, 0.29) is 17.1 Å². The first kappa shape index (κ1) is 19.3. The molecule has 11 heteroatoms. The summed E-state index contributed by atoms with van der Waals surface area (Å²) in [5, 5.41) is 25.2. The highest BCUT2D eigenvalue weighted by Gasteiger charge is 2.10. The molecule has 0 fully saturated rings. The van der Waals surface area contributed by atoms with Gasteiger partial charge in [0.15, 0.2) is 6.61 Å². The van der Waals surface area contributed by atoms with Crippen molar-refractivity contribution in [3.63, 3.8) is 0 Å². The lowest BCUT2D eigenvalue weighted by Crippen LogP contribution is -2.24. The summed E-state index contributed by atoms with van der Waals surface area (Å²) in [5.41, 5.74) is 2.16. The van der Waals surface area contributed by atoms with E-state index >= 15 is 0 Å². The number of hydrogen-bond acceptors (Lipinski definition) is 8. The Labute approximate surface area is 152 Å². The van der Waals surface area contributed by atoms with E-state index in [9.17, 15) is 25.0 Å². The van der Waals surface area contributed by atoms with Gasteiger partial charge in [-0.25, -0.2) is 5.43 Å². The summed E-state index contributed by atoms with van der Waals surface area (Å²) >= 11 is 0. The fraction of sp³-hybridized carbons (Fsp3) is 0.125. The molecule has 0 aliphatic heterocycles. The first-order valence-electron chi connectivity index (χ1n) is 7.42. The van der Waals surface area contributed by atoms with Crippen molar-refractivity contribution in [1.82, 2.24) is 5.43 Å². The monoisotopic (exact) mass is 374 g/mol. The van der Waals surface area contributed by atoms with E-state index in [0.717, 1.165) is 0 Å². The van der Waals surface area contributed by atoms with E-state index in [1.807, 2.05) is 0 Å². The number of carbonyl (C=O) groups excluding carboxylic acids is 1. The number of non-ortho nitro benzene ring substituents is 2. The van der Waals surface area contributed by atoms with Crippen LogP contribution in [0.15, 0.2) is 47.6 Å². The zero-order valence-electron chi connectivity index (χ0n) is 14.0. The molecule has 0 spiro atoms. The van der Waals surface area contributed by atoms with Crippen LogP contribution >= 0.6 is 0 Å². The van der Waals surface area contributed by atoms with Crippen molar-refractivity contribution in [1.29, 1.82) is 0 Å². The molecular formula is C16H14N4O7. The largest absolute Gasteiger partial charge is 0.496 e. The van der Waals surface area contributed by atoms with Gasteiger partial charge in [0.2, 0.25) is 0 Å². The minimum atomic E-state index is -0.623. The van der Waals surface area contributed by atoms with E-state index < -0.39 is 22.4 Å². The maximum absolute atomic E-state index is 11.7. The first-order valence-corrected chi connectivity index (χ1v) is 7.42. The number of benzene rings is 2. The Morgan fingerprint density at radius 3 is 2.52 bits per heavy atom. The summed E-state index contributed by atoms with van der Waals surface area (Å²) in [6.45, 7) is -0.426. The standard InChI is InChI=1S/C16H14N4O7/c1-26-15-6-5-13(20(24)25)7-11(15)9-17-18-16(21)10-27-14-4-2-3-12(8-14)19(22)23/h2-9H,10H2,1H3,(H,18,21)/b17-9-. The van der Waals surface area contributed by atoms with Crippen LogP contribution in [0.2, 0.25) is 0 Å². The minimum Gasteiger partial charge on any atom is -0.496 e. The molecule has 2 rings (SSSR count). The molecule has 27 heavy (non-hydrogen) atoms. The van der Waals surface area contributed by atoms with E-state index in [1.54, 1.807) is 0 Å². The lowest BCUT2D eigenvalue weighted by Gasteiger charge is -2.05. The van der Waals surface area contributed by atoms with Crippen LogP contribution in [-0.2, 0) is 4.79 Å². The molecular weight excluding hydrogens is 360 g/mol. The average Bonchev–Trinajstić information content (AvgIpc) is 2.66. The highest BCUT2D eigenvalue weighted by Crippen LogP contribution is 2.22. The molecule has 0 unspecified atom stereocenters. The van der Waals surface area contributed by atoms with Gasteiger partial charge in [-0.05, 0) is 12.1 Å². The molecule has 2 aromatic rings. The van der Waals surface area contributed by atoms with E-state index in [0.29, 0.717) is 11.3 Å². The average molecular weight is 374 g/mol. The van der Waals surface area contributed by atoms with Crippen molar-refractivity contribution in [3.8, 4) is 11.5 Å². The van der Waals surface area contributed by atoms with Crippen LogP contribution in [0.5, 0.6) is 11.5 Å². The molecule has 1 amide bonds. The Balaban J connectivity index is 1.95. The SMILES string of the molecule is COc1ccc([N+](=O)[O-])cc1/C=N\NC(=O)COc1cccc([N+](=O)[O-])c1. The lowest BCUT2D eigenvalue weighted by atomic mass is 10.2. The number of carbonyl (C=O) groups is 1. The second kappa shape index (κ2) is 8.89. The summed E-state index contributed by atoms with van der Waals surface area (Å²) in [4.78, 5) is 32.1. The summed E-state index contributed by atoms with van der Waals surface area (Å²) in [7, 11) is 1.39. The Kier molecular flexibility index (Phi) is 6.36. The number of rotatable bonds is 8. The Hall–Kier alpha value is -4.02. The van der Waals surface area contributed by atoms with Crippen molar-refractivity contribution < 1.29 is 24.1 Å². The van der Waals surface area contributed by atoms with Gasteiger partial charge < -0.3 is 9.47 Å². The maximum atomic E-state index is 11.7. The summed E-state index contributed by atoms with van der Waals surface area (Å²) < 4.78 is 10.2. The Morgan fingerprint density at radius 2 is 1.85 bits per heavy atom. The number of ether oxygens (including phenoxy) is 2. The van der Waals surface area contributed by atoms with Crippen LogP contribution in [0.3, 0.4) is 0 Å². The third-order valence-corrected chi connectivity index (χ3v) is 3.22. The number of nitrogens with one attached hydrogen (secondary N) is 1. The quantitative estimate of drug-likeness (QED) is 0.422. The molecule has 0 aliphatic carbocycles. The Bertz CT molecular complexity index is 898. The second-order valence-corrected chi connectivity index (χ2v) is 5.02. The normalized spacial score (nSPS) is 10.4. The second-order valence-electron chi connectivity index (χ2n) is 5.02. The highest BCUT2D eigenvalue weighted by molar-refractivity contribution is 5.86. The predicted molar refractivity (Wildman–Crippen MR) is 94.0 cm³/mol. The van der Waals surface area contributed by atoms with E-state index in [4.69, 9.17) is 9.47 Å². The van der Waals surface area contributed by atoms with Crippen LogP contribution in [-0.4, -0.2) is 35.7 Å². The molecule has 11 nitrogen and oxygen atoms in total. The molecule has 0 aromatic heterocycles. The van der Waals surface area contributed by atoms with Gasteiger partial charge in [-0.2, -0.15) is 5.10 Å². The molecule has 0 saturated carbocycles. The molecule has 1 N–H and O–H groups in total. The zero-order valence-corrected chi connectivity index (χ0v) is 14.0. The number of hydrogen-bond donors (Lipinski definition) is 1. The van der Waals surface area contributed by atoms with Crippen molar-refractivity contribution in [2.75, 3.05) is 13.7 Å². The van der Waals surface area contributed by atoms with Crippen molar-refractivity contribution in [3.05, 3.63) is 68.3 Å². The molecule has 0 saturated heterocycles. The maximum Gasteiger partial charge on any atom is 0.277 e. The number of hydrazone groups is 1. The fourth-order valence-corrected chi connectivity index (χ4v) is 1.98. The van der Waals surface area contributed by atoms with Crippen molar-refractivity contribution >= 4 is 23.5 Å². The number of nitro benzene ring substituents is 2. The number of amides is 1. The van der Waals surface area contributed by atoms with Crippen molar-refractivity contribution in [2.24, 2.45) is 5.10 Å². The predicted octanol–water partition coefficient (Wildman–Crippen LogP) is 2.04. The van der Waals surface area contributed by atoms with Gasteiger partial charge in [0.25, 0.3) is 17.3 Å². The number of nitrogens with zero attached hydrogens (tertiary/aromatic N) is 3. The van der Waals surface area contributed by atoms with Crippen LogP contribution in [0.4, 0.5) is 11.4 Å². The molecule has 2 aromatic carbocycles.